The van der Waals surface area contributed by atoms with E-state index < -0.39 is 0 Å². The van der Waals surface area contributed by atoms with E-state index in [4.69, 9.17) is 0 Å². The molecule has 1 aromatic heterocycles. The largest absolute Gasteiger partial charge is 0.307 e. The normalized spacial score (nSPS) is 13.3. The second-order valence-electron chi connectivity index (χ2n) is 4.73. The Labute approximate surface area is 105 Å². The first-order valence-electron chi connectivity index (χ1n) is 6.52. The number of aryl methyl sites for hydroxylation is 2. The second-order valence-corrected chi connectivity index (χ2v) is 4.73. The van der Waals surface area contributed by atoms with Gasteiger partial charge in [0.25, 0.3) is 0 Å². The second kappa shape index (κ2) is 6.77. The quantitative estimate of drug-likeness (QED) is 0.784. The van der Waals surface area contributed by atoms with Crippen LogP contribution in [0.25, 0.3) is 0 Å². The maximum atomic E-state index is 4.45. The molecule has 1 atom stereocenters. The lowest BCUT2D eigenvalue weighted by Gasteiger charge is -2.20. The molecule has 1 rings (SSSR count). The van der Waals surface area contributed by atoms with Crippen molar-refractivity contribution in [3.8, 4) is 0 Å². The summed E-state index contributed by atoms with van der Waals surface area (Å²) < 4.78 is 2.07. The summed E-state index contributed by atoms with van der Waals surface area (Å²) >= 11 is 0. The van der Waals surface area contributed by atoms with E-state index in [1.807, 2.05) is 6.92 Å². The molecule has 0 bridgehead atoms. The lowest BCUT2D eigenvalue weighted by Crippen LogP contribution is -2.37. The van der Waals surface area contributed by atoms with Crippen LogP contribution in [0.5, 0.6) is 0 Å². The molecule has 98 valence electrons. The molecule has 1 heterocycles. The number of nitrogens with zero attached hydrogens (tertiary/aromatic N) is 3. The minimum absolute atomic E-state index is 0.500. The average Bonchev–Trinajstić information content (AvgIpc) is 2.66. The Balaban J connectivity index is 2.43. The summed E-state index contributed by atoms with van der Waals surface area (Å²) in [6.07, 6.45) is 0. The summed E-state index contributed by atoms with van der Waals surface area (Å²) in [6, 6.07) is 2.66. The molecule has 0 aromatic carbocycles. The van der Waals surface area contributed by atoms with Crippen molar-refractivity contribution < 1.29 is 0 Å². The molecule has 1 unspecified atom stereocenters. The molecule has 1 aromatic rings. The zero-order chi connectivity index (χ0) is 12.8. The molecular formula is C13H26N4. The van der Waals surface area contributed by atoms with Gasteiger partial charge < -0.3 is 10.2 Å². The van der Waals surface area contributed by atoms with Crippen LogP contribution in [0.3, 0.4) is 0 Å². The van der Waals surface area contributed by atoms with E-state index in [-0.39, 0.29) is 0 Å². The van der Waals surface area contributed by atoms with Crippen LogP contribution in [0.4, 0.5) is 0 Å². The molecule has 0 fully saturated rings. The zero-order valence-electron chi connectivity index (χ0n) is 11.8. The van der Waals surface area contributed by atoms with Crippen molar-refractivity contribution in [2.75, 3.05) is 20.1 Å². The molecule has 0 aliphatic rings. The minimum atomic E-state index is 0.500. The first-order valence-corrected chi connectivity index (χ1v) is 6.52. The molecule has 1 N–H and O–H groups in total. The highest BCUT2D eigenvalue weighted by Crippen LogP contribution is 2.03. The molecule has 17 heavy (non-hydrogen) atoms. The first kappa shape index (κ1) is 14.2. The predicted molar refractivity (Wildman–Crippen MR) is 72.1 cm³/mol. The molecular weight excluding hydrogens is 212 g/mol. The lowest BCUT2D eigenvalue weighted by molar-refractivity contribution is 0.308. The van der Waals surface area contributed by atoms with Gasteiger partial charge in [-0.25, -0.2) is 0 Å². The number of likely N-dealkylation sites (N-methyl/N-ethyl adjacent to an activating group) is 1. The summed E-state index contributed by atoms with van der Waals surface area (Å²) in [4.78, 5) is 2.32. The van der Waals surface area contributed by atoms with Gasteiger partial charge in [0.2, 0.25) is 0 Å². The van der Waals surface area contributed by atoms with E-state index in [9.17, 15) is 0 Å². The fourth-order valence-electron chi connectivity index (χ4n) is 1.96. The fourth-order valence-corrected chi connectivity index (χ4v) is 1.96. The van der Waals surface area contributed by atoms with Crippen molar-refractivity contribution in [2.45, 2.75) is 46.8 Å². The van der Waals surface area contributed by atoms with Crippen LogP contribution < -0.4 is 5.32 Å². The van der Waals surface area contributed by atoms with E-state index >= 15 is 0 Å². The van der Waals surface area contributed by atoms with Gasteiger partial charge in [-0.05, 0) is 40.4 Å². The summed E-state index contributed by atoms with van der Waals surface area (Å²) in [6.45, 7) is 12.6. The number of nitrogens with one attached hydrogen (secondary N) is 1. The third-order valence-electron chi connectivity index (χ3n) is 3.04. The van der Waals surface area contributed by atoms with Crippen LogP contribution in [-0.2, 0) is 13.1 Å². The van der Waals surface area contributed by atoms with E-state index in [2.05, 4.69) is 53.9 Å². The van der Waals surface area contributed by atoms with Crippen LogP contribution in [0.1, 0.15) is 32.2 Å². The van der Waals surface area contributed by atoms with Gasteiger partial charge in [0.15, 0.2) is 0 Å². The Kier molecular flexibility index (Phi) is 5.65. The molecule has 4 nitrogen and oxygen atoms in total. The first-order chi connectivity index (χ1) is 8.06. The van der Waals surface area contributed by atoms with Gasteiger partial charge in [-0.1, -0.05) is 6.92 Å². The zero-order valence-corrected chi connectivity index (χ0v) is 11.8. The van der Waals surface area contributed by atoms with Crippen molar-refractivity contribution >= 4 is 0 Å². The Morgan fingerprint density at radius 1 is 1.47 bits per heavy atom. The fraction of sp³-hybridized carbons (Fsp3) is 0.769. The van der Waals surface area contributed by atoms with Crippen LogP contribution in [0, 0.1) is 6.92 Å². The number of rotatable bonds is 7. The van der Waals surface area contributed by atoms with E-state index in [1.165, 1.54) is 5.69 Å². The maximum Gasteiger partial charge on any atom is 0.0597 e. The highest BCUT2D eigenvalue weighted by Gasteiger charge is 2.07. The summed E-state index contributed by atoms with van der Waals surface area (Å²) in [7, 11) is 2.15. The highest BCUT2D eigenvalue weighted by molar-refractivity contribution is 5.08. The average molecular weight is 238 g/mol. The molecule has 0 spiro atoms. The number of hydrogen-bond acceptors (Lipinski definition) is 3. The smallest absolute Gasteiger partial charge is 0.0597 e. The molecule has 0 saturated carbocycles. The Morgan fingerprint density at radius 3 is 2.76 bits per heavy atom. The summed E-state index contributed by atoms with van der Waals surface area (Å²) in [5.74, 6) is 0. The van der Waals surface area contributed by atoms with Crippen molar-refractivity contribution in [2.24, 2.45) is 0 Å². The SMILES string of the molecule is CCN(C)CC(C)NCc1cc(C)nn1CC. The maximum absolute atomic E-state index is 4.45. The van der Waals surface area contributed by atoms with Crippen molar-refractivity contribution in [3.05, 3.63) is 17.5 Å². The van der Waals surface area contributed by atoms with Crippen molar-refractivity contribution in [3.63, 3.8) is 0 Å². The van der Waals surface area contributed by atoms with Crippen LogP contribution >= 0.6 is 0 Å². The molecule has 0 radical (unpaired) electrons. The highest BCUT2D eigenvalue weighted by atomic mass is 15.3. The standard InChI is InChI=1S/C13H26N4/c1-6-16(5)10-12(4)14-9-13-8-11(3)15-17(13)7-2/h8,12,14H,6-7,9-10H2,1-5H3. The van der Waals surface area contributed by atoms with Crippen LogP contribution in [0.2, 0.25) is 0 Å². The van der Waals surface area contributed by atoms with Gasteiger partial charge in [0.05, 0.1) is 11.4 Å². The van der Waals surface area contributed by atoms with Crippen molar-refractivity contribution in [1.82, 2.24) is 20.0 Å². The molecule has 0 amide bonds. The molecule has 0 saturated heterocycles. The third-order valence-corrected chi connectivity index (χ3v) is 3.04. The van der Waals surface area contributed by atoms with Gasteiger partial charge in [0.1, 0.15) is 0 Å². The minimum Gasteiger partial charge on any atom is -0.307 e. The molecule has 0 aliphatic carbocycles. The van der Waals surface area contributed by atoms with Crippen molar-refractivity contribution in [1.29, 1.82) is 0 Å². The van der Waals surface area contributed by atoms with Gasteiger partial charge >= 0.3 is 0 Å². The van der Waals surface area contributed by atoms with Gasteiger partial charge in [0, 0.05) is 25.7 Å². The predicted octanol–water partition coefficient (Wildman–Crippen LogP) is 1.64. The summed E-state index contributed by atoms with van der Waals surface area (Å²) in [5, 5.41) is 8.00. The third kappa shape index (κ3) is 4.48. The van der Waals surface area contributed by atoms with E-state index in [0.717, 1.165) is 31.9 Å². The lowest BCUT2D eigenvalue weighted by atomic mass is 10.3. The Hall–Kier alpha value is -0.870. The van der Waals surface area contributed by atoms with E-state index in [1.54, 1.807) is 0 Å². The van der Waals surface area contributed by atoms with Crippen LogP contribution in [0.15, 0.2) is 6.07 Å². The number of aromatic nitrogens is 2. The molecule has 0 aliphatic heterocycles. The Bertz CT molecular complexity index is 332. The van der Waals surface area contributed by atoms with E-state index in [0.29, 0.717) is 6.04 Å². The monoisotopic (exact) mass is 238 g/mol. The van der Waals surface area contributed by atoms with Gasteiger partial charge in [-0.2, -0.15) is 5.10 Å². The van der Waals surface area contributed by atoms with Crippen LogP contribution in [-0.4, -0.2) is 40.9 Å². The Morgan fingerprint density at radius 2 is 2.18 bits per heavy atom. The topological polar surface area (TPSA) is 33.1 Å². The number of hydrogen-bond donors (Lipinski definition) is 1. The summed E-state index contributed by atoms with van der Waals surface area (Å²) in [5.41, 5.74) is 2.37. The van der Waals surface area contributed by atoms with Gasteiger partial charge in [-0.3, -0.25) is 4.68 Å². The van der Waals surface area contributed by atoms with Gasteiger partial charge in [-0.15, -0.1) is 0 Å². The molecule has 4 heteroatoms.